The SMILES string of the molecule is O=C(c1cccc(F)c1)N1CCN(Cl)CC1. The summed E-state index contributed by atoms with van der Waals surface area (Å²) in [5.41, 5.74) is 0.392. The predicted molar refractivity (Wildman–Crippen MR) is 59.7 cm³/mol. The molecule has 16 heavy (non-hydrogen) atoms. The standard InChI is InChI=1S/C11H12ClFN2O/c12-15-6-4-14(5-7-15)11(16)9-2-1-3-10(13)8-9/h1-3,8H,4-7H2. The Kier molecular flexibility index (Phi) is 3.41. The first-order chi connectivity index (χ1) is 7.66. The lowest BCUT2D eigenvalue weighted by Crippen LogP contribution is -2.45. The molecule has 0 atom stereocenters. The van der Waals surface area contributed by atoms with Crippen molar-refractivity contribution in [2.24, 2.45) is 0 Å². The van der Waals surface area contributed by atoms with E-state index in [0.717, 1.165) is 0 Å². The molecule has 1 saturated heterocycles. The second-order valence-electron chi connectivity index (χ2n) is 3.71. The highest BCUT2D eigenvalue weighted by Crippen LogP contribution is 2.11. The van der Waals surface area contributed by atoms with E-state index in [1.54, 1.807) is 21.5 Å². The first-order valence-corrected chi connectivity index (χ1v) is 5.46. The zero-order valence-corrected chi connectivity index (χ0v) is 9.45. The van der Waals surface area contributed by atoms with Gasteiger partial charge in [0.25, 0.3) is 5.91 Å². The number of rotatable bonds is 1. The van der Waals surface area contributed by atoms with Crippen LogP contribution in [0.15, 0.2) is 24.3 Å². The average molecular weight is 243 g/mol. The molecule has 0 bridgehead atoms. The molecule has 0 unspecified atom stereocenters. The zero-order valence-electron chi connectivity index (χ0n) is 8.70. The molecule has 1 fully saturated rings. The Balaban J connectivity index is 2.08. The third kappa shape index (κ3) is 2.51. The van der Waals surface area contributed by atoms with E-state index in [-0.39, 0.29) is 11.7 Å². The highest BCUT2D eigenvalue weighted by Gasteiger charge is 2.21. The van der Waals surface area contributed by atoms with Crippen molar-refractivity contribution in [2.45, 2.75) is 0 Å². The summed E-state index contributed by atoms with van der Waals surface area (Å²) in [6.07, 6.45) is 0. The Hall–Kier alpha value is -1.13. The summed E-state index contributed by atoms with van der Waals surface area (Å²) in [4.78, 5) is 13.6. The van der Waals surface area contributed by atoms with Crippen LogP contribution in [0, 0.1) is 5.82 Å². The fourth-order valence-electron chi connectivity index (χ4n) is 1.69. The molecule has 1 aliphatic rings. The lowest BCUT2D eigenvalue weighted by Gasteiger charge is -2.30. The van der Waals surface area contributed by atoms with Crippen LogP contribution in [0.2, 0.25) is 0 Å². The molecule has 1 aromatic rings. The second kappa shape index (κ2) is 4.80. The van der Waals surface area contributed by atoms with Crippen LogP contribution in [0.5, 0.6) is 0 Å². The summed E-state index contributed by atoms with van der Waals surface area (Å²) >= 11 is 5.79. The minimum Gasteiger partial charge on any atom is -0.336 e. The van der Waals surface area contributed by atoms with Gasteiger partial charge in [-0.25, -0.2) is 8.81 Å². The molecule has 5 heteroatoms. The van der Waals surface area contributed by atoms with E-state index in [1.807, 2.05) is 0 Å². The van der Waals surface area contributed by atoms with Crippen molar-refractivity contribution in [3.05, 3.63) is 35.6 Å². The fourth-order valence-corrected chi connectivity index (χ4v) is 1.84. The van der Waals surface area contributed by atoms with Crippen LogP contribution in [-0.4, -0.2) is 41.4 Å². The third-order valence-corrected chi connectivity index (χ3v) is 2.92. The minimum atomic E-state index is -0.387. The van der Waals surface area contributed by atoms with Gasteiger partial charge in [0.05, 0.1) is 0 Å². The van der Waals surface area contributed by atoms with Crippen LogP contribution in [0.1, 0.15) is 10.4 Å². The fraction of sp³-hybridized carbons (Fsp3) is 0.364. The van der Waals surface area contributed by atoms with Crippen LogP contribution < -0.4 is 0 Å². The van der Waals surface area contributed by atoms with Gasteiger partial charge in [-0.3, -0.25) is 4.79 Å². The van der Waals surface area contributed by atoms with E-state index in [2.05, 4.69) is 0 Å². The van der Waals surface area contributed by atoms with E-state index < -0.39 is 0 Å². The molecule has 0 spiro atoms. The summed E-state index contributed by atoms with van der Waals surface area (Å²) < 4.78 is 14.6. The quantitative estimate of drug-likeness (QED) is 0.701. The van der Waals surface area contributed by atoms with E-state index in [9.17, 15) is 9.18 Å². The van der Waals surface area contributed by atoms with Crippen molar-refractivity contribution >= 4 is 17.7 Å². The minimum absolute atomic E-state index is 0.135. The smallest absolute Gasteiger partial charge is 0.254 e. The van der Waals surface area contributed by atoms with Gasteiger partial charge in [-0.05, 0) is 30.0 Å². The van der Waals surface area contributed by atoms with Gasteiger partial charge in [0, 0.05) is 31.7 Å². The molecule has 1 amide bonds. The Bertz CT molecular complexity index is 391. The van der Waals surface area contributed by atoms with Crippen LogP contribution in [-0.2, 0) is 0 Å². The number of carbonyl (C=O) groups is 1. The zero-order chi connectivity index (χ0) is 11.5. The van der Waals surface area contributed by atoms with Gasteiger partial charge >= 0.3 is 0 Å². The molecule has 1 heterocycles. The Morgan fingerprint density at radius 1 is 1.25 bits per heavy atom. The topological polar surface area (TPSA) is 23.6 Å². The summed E-state index contributed by atoms with van der Waals surface area (Å²) in [7, 11) is 0. The van der Waals surface area contributed by atoms with E-state index >= 15 is 0 Å². The third-order valence-electron chi connectivity index (χ3n) is 2.58. The summed E-state index contributed by atoms with van der Waals surface area (Å²) in [5, 5.41) is 0. The Labute approximate surface area is 98.5 Å². The largest absolute Gasteiger partial charge is 0.336 e. The van der Waals surface area contributed by atoms with Gasteiger partial charge in [-0.15, -0.1) is 0 Å². The summed E-state index contributed by atoms with van der Waals surface area (Å²) in [5.74, 6) is -0.522. The van der Waals surface area contributed by atoms with Crippen molar-refractivity contribution in [2.75, 3.05) is 26.2 Å². The van der Waals surface area contributed by atoms with Crippen molar-refractivity contribution in [1.29, 1.82) is 0 Å². The number of carbonyl (C=O) groups excluding carboxylic acids is 1. The van der Waals surface area contributed by atoms with E-state index in [4.69, 9.17) is 11.8 Å². The lowest BCUT2D eigenvalue weighted by molar-refractivity contribution is 0.0699. The van der Waals surface area contributed by atoms with Crippen molar-refractivity contribution < 1.29 is 9.18 Å². The summed E-state index contributed by atoms with van der Waals surface area (Å²) in [6.45, 7) is 2.45. The monoisotopic (exact) mass is 242 g/mol. The Morgan fingerprint density at radius 3 is 2.56 bits per heavy atom. The maximum absolute atomic E-state index is 13.0. The average Bonchev–Trinajstić information content (AvgIpc) is 2.29. The van der Waals surface area contributed by atoms with Gasteiger partial charge in [-0.1, -0.05) is 6.07 Å². The Morgan fingerprint density at radius 2 is 1.94 bits per heavy atom. The number of nitrogens with zero attached hydrogens (tertiary/aromatic N) is 2. The second-order valence-corrected chi connectivity index (χ2v) is 4.19. The van der Waals surface area contributed by atoms with Crippen molar-refractivity contribution in [3.63, 3.8) is 0 Å². The molecule has 1 aromatic carbocycles. The number of halogens is 2. The molecular weight excluding hydrogens is 231 g/mol. The molecule has 1 aliphatic heterocycles. The molecule has 2 rings (SSSR count). The van der Waals surface area contributed by atoms with Gasteiger partial charge in [0.1, 0.15) is 5.82 Å². The number of hydrogen-bond donors (Lipinski definition) is 0. The van der Waals surface area contributed by atoms with Gasteiger partial charge in [0.2, 0.25) is 0 Å². The molecular formula is C11H12ClFN2O. The van der Waals surface area contributed by atoms with Crippen molar-refractivity contribution in [1.82, 2.24) is 9.32 Å². The van der Waals surface area contributed by atoms with Crippen LogP contribution in [0.25, 0.3) is 0 Å². The van der Waals surface area contributed by atoms with Crippen molar-refractivity contribution in [3.8, 4) is 0 Å². The molecule has 0 radical (unpaired) electrons. The number of amides is 1. The van der Waals surface area contributed by atoms with Crippen LogP contribution >= 0.6 is 11.8 Å². The highest BCUT2D eigenvalue weighted by atomic mass is 35.5. The maximum atomic E-state index is 13.0. The molecule has 3 nitrogen and oxygen atoms in total. The van der Waals surface area contributed by atoms with E-state index in [0.29, 0.717) is 31.7 Å². The molecule has 0 aromatic heterocycles. The molecule has 0 N–H and O–H groups in total. The highest BCUT2D eigenvalue weighted by molar-refractivity contribution is 6.13. The van der Waals surface area contributed by atoms with Gasteiger partial charge < -0.3 is 4.90 Å². The van der Waals surface area contributed by atoms with Gasteiger partial charge in [-0.2, -0.15) is 0 Å². The summed E-state index contributed by atoms with van der Waals surface area (Å²) in [6, 6.07) is 5.75. The van der Waals surface area contributed by atoms with Crippen LogP contribution in [0.3, 0.4) is 0 Å². The predicted octanol–water partition coefficient (Wildman–Crippen LogP) is 1.74. The number of hydrogen-bond acceptors (Lipinski definition) is 2. The van der Waals surface area contributed by atoms with E-state index in [1.165, 1.54) is 12.1 Å². The normalized spacial score (nSPS) is 17.5. The number of benzene rings is 1. The first kappa shape index (κ1) is 11.4. The lowest BCUT2D eigenvalue weighted by atomic mass is 10.2. The van der Waals surface area contributed by atoms with Gasteiger partial charge in [0.15, 0.2) is 0 Å². The molecule has 0 saturated carbocycles. The maximum Gasteiger partial charge on any atom is 0.254 e. The molecule has 0 aliphatic carbocycles. The number of piperazine rings is 1. The molecule has 86 valence electrons. The first-order valence-electron chi connectivity index (χ1n) is 5.12. The van der Waals surface area contributed by atoms with Crippen LogP contribution in [0.4, 0.5) is 4.39 Å².